The highest BCUT2D eigenvalue weighted by atomic mass is 16.6. The summed E-state index contributed by atoms with van der Waals surface area (Å²) >= 11 is 0. The van der Waals surface area contributed by atoms with Crippen molar-refractivity contribution in [2.24, 2.45) is 0 Å². The first kappa shape index (κ1) is 44.1. The molecule has 0 amide bonds. The molecule has 4 rings (SSSR count). The number of hydrogen-bond acceptors (Lipinski definition) is 8. The van der Waals surface area contributed by atoms with Gasteiger partial charge in [-0.15, -0.1) is 0 Å². The maximum atomic E-state index is 11.6. The van der Waals surface area contributed by atoms with Crippen LogP contribution in [0.5, 0.6) is 0 Å². The number of aliphatic hydroxyl groups is 4. The second-order valence-corrected chi connectivity index (χ2v) is 15.2. The van der Waals surface area contributed by atoms with Crippen LogP contribution in [-0.2, 0) is 34.0 Å². The van der Waals surface area contributed by atoms with Gasteiger partial charge in [-0.25, -0.2) is 0 Å². The van der Waals surface area contributed by atoms with Gasteiger partial charge in [0.15, 0.2) is 0 Å². The Morgan fingerprint density at radius 3 is 1.61 bits per heavy atom. The van der Waals surface area contributed by atoms with Crippen LogP contribution >= 0.6 is 0 Å². The van der Waals surface area contributed by atoms with Crippen molar-refractivity contribution < 1.29 is 34.6 Å². The van der Waals surface area contributed by atoms with Crippen molar-refractivity contribution in [1.29, 1.82) is 0 Å². The molecule has 0 spiro atoms. The molecule has 300 valence electrons. The van der Waals surface area contributed by atoms with Crippen molar-refractivity contribution >= 4 is 0 Å². The summed E-state index contributed by atoms with van der Waals surface area (Å²) < 4.78 is 19.3. The van der Waals surface area contributed by atoms with Crippen LogP contribution in [0, 0.1) is 0 Å². The third-order valence-corrected chi connectivity index (χ3v) is 10.8. The highest BCUT2D eigenvalue weighted by molar-refractivity contribution is 5.16. The molecule has 1 saturated heterocycles. The van der Waals surface area contributed by atoms with Gasteiger partial charge in [-0.05, 0) is 36.0 Å². The lowest BCUT2D eigenvalue weighted by Crippen LogP contribution is -2.60. The zero-order valence-corrected chi connectivity index (χ0v) is 32.7. The van der Waals surface area contributed by atoms with E-state index >= 15 is 0 Å². The van der Waals surface area contributed by atoms with Gasteiger partial charge in [-0.3, -0.25) is 0 Å². The van der Waals surface area contributed by atoms with E-state index in [-0.39, 0.29) is 13.2 Å². The Kier molecular flexibility index (Phi) is 21.4. The van der Waals surface area contributed by atoms with E-state index in [0.717, 1.165) is 36.0 Å². The van der Waals surface area contributed by atoms with Crippen LogP contribution in [-0.4, -0.2) is 75.8 Å². The zero-order chi connectivity index (χ0) is 38.2. The molecular weight excluding hydrogens is 679 g/mol. The maximum Gasteiger partial charge on any atom is 0.115 e. The molecule has 1 aliphatic rings. The fourth-order valence-corrected chi connectivity index (χ4v) is 7.53. The summed E-state index contributed by atoms with van der Waals surface area (Å²) in [5, 5.41) is 48.0. The average molecular weight is 748 g/mol. The molecule has 8 heteroatoms. The van der Waals surface area contributed by atoms with Crippen molar-refractivity contribution in [3.63, 3.8) is 0 Å². The summed E-state index contributed by atoms with van der Waals surface area (Å²) in [5.74, 6) is 0. The molecule has 0 bridgehead atoms. The van der Waals surface area contributed by atoms with Gasteiger partial charge in [0, 0.05) is 12.6 Å². The van der Waals surface area contributed by atoms with Crippen LogP contribution < -0.4 is 5.32 Å². The lowest BCUT2D eigenvalue weighted by atomic mass is 9.89. The second kappa shape index (κ2) is 26.2. The van der Waals surface area contributed by atoms with Crippen LogP contribution in [0.1, 0.15) is 120 Å². The van der Waals surface area contributed by atoms with Crippen LogP contribution in [0.25, 0.3) is 0 Å². The van der Waals surface area contributed by atoms with E-state index in [1.54, 1.807) is 0 Å². The summed E-state index contributed by atoms with van der Waals surface area (Å²) in [6.45, 7) is 2.99. The monoisotopic (exact) mass is 748 g/mol. The van der Waals surface area contributed by atoms with Gasteiger partial charge in [0.1, 0.15) is 24.4 Å². The standard InChI is InChI=1S/C46H69NO7/c1-2-3-4-5-6-7-8-9-10-11-12-22-29-40(49)43(50)39(47-32-36-23-16-13-17-24-36)30-31-41-45(52-34-37-25-18-14-19-26-37)46(44(51)42(33-48)54-41)53-35-38-27-20-15-21-28-38/h13-21,23-28,39-51H,2-12,22,29-35H2,1H3/t39?,40-,41-,42?,43+,44+,45?,46+/m1/s1. The largest absolute Gasteiger partial charge is 0.394 e. The molecule has 5 N–H and O–H groups in total. The Balaban J connectivity index is 1.37. The molecule has 0 aromatic heterocycles. The lowest BCUT2D eigenvalue weighted by molar-refractivity contribution is -0.259. The SMILES string of the molecule is CCCCCCCCCCCCCC[C@@H](O)[C@@H](O)C(CC[C@H]1OC(CO)[C@H](O)[C@H](OCc2ccccc2)C1OCc1ccccc1)NCc1ccccc1. The van der Waals surface area contributed by atoms with E-state index in [0.29, 0.717) is 32.4 Å². The number of rotatable bonds is 28. The molecule has 1 aliphatic heterocycles. The molecule has 3 unspecified atom stereocenters. The predicted molar refractivity (Wildman–Crippen MR) is 216 cm³/mol. The molecule has 0 radical (unpaired) electrons. The normalized spacial score (nSPS) is 21.8. The lowest BCUT2D eigenvalue weighted by Gasteiger charge is -2.44. The summed E-state index contributed by atoms with van der Waals surface area (Å²) in [4.78, 5) is 0. The second-order valence-electron chi connectivity index (χ2n) is 15.2. The number of aliphatic hydroxyl groups excluding tert-OH is 4. The van der Waals surface area contributed by atoms with Crippen molar-refractivity contribution in [3.05, 3.63) is 108 Å². The molecule has 8 atom stereocenters. The number of unbranched alkanes of at least 4 members (excludes halogenated alkanes) is 11. The van der Waals surface area contributed by atoms with Gasteiger partial charge in [-0.1, -0.05) is 175 Å². The van der Waals surface area contributed by atoms with Gasteiger partial charge in [0.2, 0.25) is 0 Å². The van der Waals surface area contributed by atoms with Crippen molar-refractivity contribution in [3.8, 4) is 0 Å². The fraction of sp³-hybridized carbons (Fsp3) is 0.609. The van der Waals surface area contributed by atoms with Crippen LogP contribution in [0.2, 0.25) is 0 Å². The zero-order valence-electron chi connectivity index (χ0n) is 32.7. The van der Waals surface area contributed by atoms with E-state index in [1.165, 1.54) is 57.8 Å². The number of nitrogens with one attached hydrogen (secondary N) is 1. The quantitative estimate of drug-likeness (QED) is 0.0474. The smallest absolute Gasteiger partial charge is 0.115 e. The topological polar surface area (TPSA) is 121 Å². The molecule has 54 heavy (non-hydrogen) atoms. The van der Waals surface area contributed by atoms with Crippen molar-refractivity contribution in [2.75, 3.05) is 6.61 Å². The minimum Gasteiger partial charge on any atom is -0.394 e. The van der Waals surface area contributed by atoms with Crippen molar-refractivity contribution in [2.45, 2.75) is 172 Å². The van der Waals surface area contributed by atoms with Crippen LogP contribution in [0.15, 0.2) is 91.0 Å². The number of benzene rings is 3. The number of hydrogen-bond donors (Lipinski definition) is 5. The first-order chi connectivity index (χ1) is 26.5. The molecule has 0 saturated carbocycles. The molecular formula is C46H69NO7. The first-order valence-electron chi connectivity index (χ1n) is 20.9. The van der Waals surface area contributed by atoms with E-state index < -0.39 is 48.8 Å². The molecule has 3 aromatic carbocycles. The Labute approximate surface area is 325 Å². The van der Waals surface area contributed by atoms with Gasteiger partial charge < -0.3 is 40.0 Å². The molecule has 8 nitrogen and oxygen atoms in total. The average Bonchev–Trinajstić information content (AvgIpc) is 3.21. The van der Waals surface area contributed by atoms with E-state index in [9.17, 15) is 20.4 Å². The van der Waals surface area contributed by atoms with Gasteiger partial charge in [0.25, 0.3) is 0 Å². The summed E-state index contributed by atoms with van der Waals surface area (Å²) in [6, 6.07) is 29.2. The Hall–Kier alpha value is -2.66. The first-order valence-corrected chi connectivity index (χ1v) is 20.9. The molecule has 0 aliphatic carbocycles. The van der Waals surface area contributed by atoms with Gasteiger partial charge in [-0.2, -0.15) is 0 Å². The van der Waals surface area contributed by atoms with Crippen molar-refractivity contribution in [1.82, 2.24) is 5.32 Å². The predicted octanol–water partition coefficient (Wildman–Crippen LogP) is 8.03. The molecule has 3 aromatic rings. The highest BCUT2D eigenvalue weighted by Crippen LogP contribution is 2.31. The third-order valence-electron chi connectivity index (χ3n) is 10.8. The maximum absolute atomic E-state index is 11.6. The van der Waals surface area contributed by atoms with Gasteiger partial charge in [0.05, 0.1) is 38.1 Å². The summed E-state index contributed by atoms with van der Waals surface area (Å²) in [5.41, 5.74) is 3.03. The molecule has 1 fully saturated rings. The minimum absolute atomic E-state index is 0.268. The summed E-state index contributed by atoms with van der Waals surface area (Å²) in [6.07, 6.45) is 10.6. The highest BCUT2D eigenvalue weighted by Gasteiger charge is 2.46. The summed E-state index contributed by atoms with van der Waals surface area (Å²) in [7, 11) is 0. The number of ether oxygens (including phenoxy) is 3. The third kappa shape index (κ3) is 15.8. The van der Waals surface area contributed by atoms with Gasteiger partial charge >= 0.3 is 0 Å². The molecule has 1 heterocycles. The van der Waals surface area contributed by atoms with Crippen LogP contribution in [0.4, 0.5) is 0 Å². The van der Waals surface area contributed by atoms with E-state index in [2.05, 4.69) is 12.2 Å². The van der Waals surface area contributed by atoms with E-state index in [1.807, 2.05) is 91.0 Å². The Morgan fingerprint density at radius 1 is 0.611 bits per heavy atom. The minimum atomic E-state index is -1.11. The van der Waals surface area contributed by atoms with E-state index in [4.69, 9.17) is 14.2 Å². The van der Waals surface area contributed by atoms with Crippen LogP contribution in [0.3, 0.4) is 0 Å². The Bertz CT molecular complexity index is 1330. The Morgan fingerprint density at radius 2 is 1.09 bits per heavy atom. The fourth-order valence-electron chi connectivity index (χ4n) is 7.53.